The van der Waals surface area contributed by atoms with Crippen LogP contribution in [0, 0.1) is 0 Å². The van der Waals surface area contributed by atoms with E-state index in [1.54, 1.807) is 0 Å². The maximum absolute atomic E-state index is 4.10. The monoisotopic (exact) mass is 753 g/mol. The van der Waals surface area contributed by atoms with Gasteiger partial charge in [-0.3, -0.25) is 0 Å². The smallest absolute Gasteiger partial charge is 0.158 e. The summed E-state index contributed by atoms with van der Waals surface area (Å²) in [6.07, 6.45) is 1.03. The second-order valence-corrected chi connectivity index (χ2v) is 16.4. The average molecular weight is 755 g/mol. The SMILES string of the molecule is [Ni+2].[SH2+]C([SH2+])=Nc1ccccc1.[SH2+]C([SH2+])=Nc1ccccc1.c1ccc(C[P+](c2ccccc2)(c2ccccc2)c2ccccc2)cc1. The van der Waals surface area contributed by atoms with Crippen molar-refractivity contribution in [2.75, 3.05) is 0 Å². The van der Waals surface area contributed by atoms with Crippen LogP contribution in [0.4, 0.5) is 11.4 Å². The number of rotatable bonds is 7. The Labute approximate surface area is 311 Å². The van der Waals surface area contributed by atoms with Gasteiger partial charge in [-0.15, -0.1) is 0 Å². The van der Waals surface area contributed by atoms with Crippen LogP contribution in [0.1, 0.15) is 5.56 Å². The molecular formula is C39H40N2NiPS4+7. The Kier molecular flexibility index (Phi) is 17.2. The van der Waals surface area contributed by atoms with Crippen LogP contribution in [0.2, 0.25) is 0 Å². The summed E-state index contributed by atoms with van der Waals surface area (Å²) in [5.74, 6) is 0. The van der Waals surface area contributed by atoms with Crippen molar-refractivity contribution >= 4 is 93.8 Å². The van der Waals surface area contributed by atoms with E-state index in [0.717, 1.165) is 17.5 Å². The molecule has 0 amide bonds. The number of aliphatic imine (C=N–C) groups is 2. The number of hydrogen-bond donors (Lipinski definition) is 0. The molecule has 0 atom stereocenters. The predicted molar refractivity (Wildman–Crippen MR) is 223 cm³/mol. The molecule has 238 valence electrons. The third-order valence-electron chi connectivity index (χ3n) is 6.85. The second kappa shape index (κ2) is 21.1. The molecule has 0 aromatic heterocycles. The summed E-state index contributed by atoms with van der Waals surface area (Å²) in [6, 6.07) is 63.5. The maximum atomic E-state index is 4.10. The average Bonchev–Trinajstić information content (AvgIpc) is 3.10. The quantitative estimate of drug-likeness (QED) is 0.0580. The molecule has 0 aliphatic carbocycles. The molecule has 0 radical (unpaired) electrons. The Morgan fingerprint density at radius 3 is 0.915 bits per heavy atom. The molecule has 0 heterocycles. The first-order valence-corrected chi connectivity index (χ1v) is 18.7. The maximum Gasteiger partial charge on any atom is 2.00 e. The normalized spacial score (nSPS) is 10.0. The van der Waals surface area contributed by atoms with Gasteiger partial charge in [-0.2, -0.15) is 9.98 Å². The minimum atomic E-state index is -1.78. The molecule has 2 nitrogen and oxygen atoms in total. The summed E-state index contributed by atoms with van der Waals surface area (Å²) >= 11 is 12.9. The zero-order valence-electron chi connectivity index (χ0n) is 25.7. The molecule has 0 bridgehead atoms. The van der Waals surface area contributed by atoms with E-state index in [9.17, 15) is 0 Å². The number of hydrogen-bond acceptors (Lipinski definition) is 2. The fourth-order valence-corrected chi connectivity index (χ4v) is 9.65. The first-order valence-electron chi connectivity index (χ1n) is 14.7. The molecule has 0 aliphatic rings. The first-order chi connectivity index (χ1) is 22.5. The minimum Gasteiger partial charge on any atom is -0.158 e. The van der Waals surface area contributed by atoms with E-state index < -0.39 is 7.26 Å². The van der Waals surface area contributed by atoms with E-state index in [4.69, 9.17) is 0 Å². The summed E-state index contributed by atoms with van der Waals surface area (Å²) in [6.45, 7) is 0. The van der Waals surface area contributed by atoms with Crippen LogP contribution in [0.3, 0.4) is 0 Å². The summed E-state index contributed by atoms with van der Waals surface area (Å²) in [5, 5.41) is 4.30. The zero-order valence-corrected chi connectivity index (χ0v) is 31.6. The van der Waals surface area contributed by atoms with Crippen molar-refractivity contribution in [2.45, 2.75) is 6.16 Å². The number of nitrogens with zero attached hydrogens (tertiary/aromatic N) is 2. The summed E-state index contributed by atoms with van der Waals surface area (Å²) in [4.78, 5) is 8.21. The Morgan fingerprint density at radius 2 is 0.638 bits per heavy atom. The van der Waals surface area contributed by atoms with E-state index in [0.29, 0.717) is 8.75 Å². The van der Waals surface area contributed by atoms with Crippen LogP contribution < -0.4 is 15.9 Å². The van der Waals surface area contributed by atoms with Crippen LogP contribution in [-0.4, -0.2) is 8.75 Å². The van der Waals surface area contributed by atoms with Gasteiger partial charge in [0.15, 0.2) is 0 Å². The van der Waals surface area contributed by atoms with Crippen molar-refractivity contribution in [2.24, 2.45) is 9.98 Å². The van der Waals surface area contributed by atoms with Gasteiger partial charge in [-0.05, 0) is 66.2 Å². The van der Waals surface area contributed by atoms with Gasteiger partial charge in [0.05, 0.1) is 68.1 Å². The van der Waals surface area contributed by atoms with Gasteiger partial charge in [0, 0.05) is 0 Å². The molecule has 6 aromatic rings. The Hall–Kier alpha value is -3.02. The van der Waals surface area contributed by atoms with E-state index in [1.165, 1.54) is 21.5 Å². The Balaban J connectivity index is 0.000000235. The molecule has 0 unspecified atom stereocenters. The van der Waals surface area contributed by atoms with Gasteiger partial charge >= 0.3 is 25.2 Å². The van der Waals surface area contributed by atoms with Crippen LogP contribution in [0.25, 0.3) is 0 Å². The van der Waals surface area contributed by atoms with Crippen molar-refractivity contribution in [1.29, 1.82) is 0 Å². The van der Waals surface area contributed by atoms with Gasteiger partial charge in [0.1, 0.15) is 23.2 Å². The molecule has 0 N–H and O–H groups in total. The minimum absolute atomic E-state index is 0. The van der Waals surface area contributed by atoms with Crippen molar-refractivity contribution in [1.82, 2.24) is 0 Å². The van der Waals surface area contributed by atoms with Gasteiger partial charge in [0.2, 0.25) is 0 Å². The van der Waals surface area contributed by atoms with Crippen LogP contribution in [-0.2, 0) is 73.2 Å². The molecule has 0 saturated carbocycles. The standard InChI is InChI=1S/C25H22P.2C7H7NS2.Ni/c1-5-13-22(14-6-1)21-26(23-15-7-2-8-16-23,24-17-9-3-10-18-24)25-19-11-4-12-20-25;2*9-7(10)8-6-4-2-1-3-5-6;/h1-20H,21H2;2*1-5H,(H2,8,9,10);/q+1;;;+2/p+4. The summed E-state index contributed by atoms with van der Waals surface area (Å²) < 4.78 is 1.40. The van der Waals surface area contributed by atoms with Crippen molar-refractivity contribution < 1.29 is 16.5 Å². The molecule has 47 heavy (non-hydrogen) atoms. The summed E-state index contributed by atoms with van der Waals surface area (Å²) in [7, 11) is -1.78. The first kappa shape index (κ1) is 38.4. The fourth-order valence-electron chi connectivity index (χ4n) is 4.89. The second-order valence-electron chi connectivity index (χ2n) is 10.1. The van der Waals surface area contributed by atoms with Gasteiger partial charge in [-0.1, -0.05) is 121 Å². The zero-order chi connectivity index (χ0) is 32.5. The third-order valence-corrected chi connectivity index (χ3v) is 11.7. The third kappa shape index (κ3) is 12.5. The Morgan fingerprint density at radius 1 is 0.383 bits per heavy atom. The molecule has 0 aliphatic heterocycles. The van der Waals surface area contributed by atoms with Gasteiger partial charge < -0.3 is 0 Å². The largest absolute Gasteiger partial charge is 2.00 e. The molecule has 0 spiro atoms. The topological polar surface area (TPSA) is 24.7 Å². The van der Waals surface area contributed by atoms with E-state index >= 15 is 0 Å². The van der Waals surface area contributed by atoms with Crippen molar-refractivity contribution in [3.05, 3.63) is 188 Å². The van der Waals surface area contributed by atoms with Gasteiger partial charge in [0.25, 0.3) is 0 Å². The molecule has 0 fully saturated rings. The van der Waals surface area contributed by atoms with Crippen LogP contribution in [0.15, 0.2) is 192 Å². The van der Waals surface area contributed by atoms with Crippen molar-refractivity contribution in [3.8, 4) is 0 Å². The molecule has 6 aromatic carbocycles. The van der Waals surface area contributed by atoms with E-state index in [2.05, 4.69) is 182 Å². The molecular weight excluding hydrogens is 714 g/mol. The Bertz CT molecular complexity index is 1620. The predicted octanol–water partition coefficient (Wildman–Crippen LogP) is 6.57. The number of benzene rings is 6. The fraction of sp³-hybridized carbons (Fsp3) is 0.0256. The molecule has 6 rings (SSSR count). The van der Waals surface area contributed by atoms with E-state index in [-0.39, 0.29) is 16.5 Å². The van der Waals surface area contributed by atoms with E-state index in [1.807, 2.05) is 60.7 Å². The van der Waals surface area contributed by atoms with Crippen LogP contribution >= 0.6 is 7.26 Å². The van der Waals surface area contributed by atoms with Crippen LogP contribution in [0.5, 0.6) is 0 Å². The molecule has 0 saturated heterocycles. The molecule has 8 heteroatoms. The number of para-hydroxylation sites is 2. The summed E-state index contributed by atoms with van der Waals surface area (Å²) in [5.41, 5.74) is 3.25. The van der Waals surface area contributed by atoms with Gasteiger partial charge in [-0.25, -0.2) is 0 Å². The van der Waals surface area contributed by atoms with Crippen molar-refractivity contribution in [3.63, 3.8) is 0 Å².